The lowest BCUT2D eigenvalue weighted by molar-refractivity contribution is -0.140. The zero-order chi connectivity index (χ0) is 11.8. The van der Waals surface area contributed by atoms with Crippen molar-refractivity contribution in [2.24, 2.45) is 0 Å². The Balaban J connectivity index is 4.11. The number of amides is 1. The highest BCUT2D eigenvalue weighted by atomic mass is 32.2. The summed E-state index contributed by atoms with van der Waals surface area (Å²) in [5.74, 6) is -1.27. The normalized spacial score (nSPS) is 14.0. The minimum Gasteiger partial charge on any atom is -0.480 e. The smallest absolute Gasteiger partial charge is 0.327 e. The predicted octanol–water partition coefficient (Wildman–Crippen LogP) is -0.144. The van der Waals surface area contributed by atoms with Gasteiger partial charge in [-0.15, -0.1) is 18.3 Å². The van der Waals surface area contributed by atoms with Gasteiger partial charge in [0.25, 0.3) is 0 Å². The van der Waals surface area contributed by atoms with Crippen molar-refractivity contribution < 1.29 is 19.8 Å². The fourth-order valence-electron chi connectivity index (χ4n) is 0.835. The first-order valence-corrected chi connectivity index (χ1v) is 5.41. The van der Waals surface area contributed by atoms with Gasteiger partial charge >= 0.3 is 5.97 Å². The molecule has 6 heteroatoms. The Bertz CT molecular complexity index is 244. The lowest BCUT2D eigenvalue weighted by Gasteiger charge is -2.15. The summed E-state index contributed by atoms with van der Waals surface area (Å²) in [4.78, 5) is 21.4. The number of aliphatic hydroxyl groups is 1. The minimum atomic E-state index is -1.08. The van der Waals surface area contributed by atoms with Crippen LogP contribution in [-0.2, 0) is 9.59 Å². The molecule has 0 bridgehead atoms. The second-order valence-electron chi connectivity index (χ2n) is 2.88. The number of thioether (sulfide) groups is 1. The number of nitrogens with one attached hydrogen (secondary N) is 1. The van der Waals surface area contributed by atoms with E-state index in [1.807, 2.05) is 0 Å². The molecule has 0 aliphatic heterocycles. The highest BCUT2D eigenvalue weighted by Crippen LogP contribution is 2.12. The molecule has 0 aliphatic rings. The van der Waals surface area contributed by atoms with Gasteiger partial charge in [-0.05, 0) is 0 Å². The van der Waals surface area contributed by atoms with Crippen LogP contribution in [0.15, 0.2) is 12.7 Å². The zero-order valence-electron chi connectivity index (χ0n) is 8.47. The second kappa shape index (κ2) is 7.30. The molecule has 1 unspecified atom stereocenters. The van der Waals surface area contributed by atoms with E-state index in [9.17, 15) is 9.59 Å². The maximum atomic E-state index is 10.7. The van der Waals surface area contributed by atoms with Crippen molar-refractivity contribution >= 4 is 23.6 Å². The lowest BCUT2D eigenvalue weighted by atomic mass is 10.3. The van der Waals surface area contributed by atoms with E-state index in [2.05, 4.69) is 11.9 Å². The molecule has 0 fully saturated rings. The Kier molecular flexibility index (Phi) is 6.81. The van der Waals surface area contributed by atoms with E-state index in [1.54, 1.807) is 0 Å². The van der Waals surface area contributed by atoms with Crippen LogP contribution in [0.5, 0.6) is 0 Å². The highest BCUT2D eigenvalue weighted by molar-refractivity contribution is 8.00. The second-order valence-corrected chi connectivity index (χ2v) is 4.15. The van der Waals surface area contributed by atoms with Gasteiger partial charge in [-0.2, -0.15) is 0 Å². The number of carbonyl (C=O) groups excluding carboxylic acids is 1. The van der Waals surface area contributed by atoms with Crippen LogP contribution < -0.4 is 5.32 Å². The van der Waals surface area contributed by atoms with Crippen molar-refractivity contribution in [3.8, 4) is 0 Å². The number of aliphatic carboxylic acids is 1. The van der Waals surface area contributed by atoms with E-state index in [-0.39, 0.29) is 23.5 Å². The van der Waals surface area contributed by atoms with Crippen LogP contribution in [-0.4, -0.2) is 45.7 Å². The molecular formula is C9H15NO4S. The maximum Gasteiger partial charge on any atom is 0.327 e. The first-order chi connectivity index (χ1) is 7.01. The Morgan fingerprint density at radius 1 is 1.60 bits per heavy atom. The van der Waals surface area contributed by atoms with Gasteiger partial charge in [0.1, 0.15) is 6.04 Å². The molecule has 0 aromatic heterocycles. The lowest BCUT2D eigenvalue weighted by Crippen LogP contribution is -2.41. The summed E-state index contributed by atoms with van der Waals surface area (Å²) < 4.78 is 0. The minimum absolute atomic E-state index is 0.0966. The first kappa shape index (κ1) is 14.0. The van der Waals surface area contributed by atoms with E-state index in [0.29, 0.717) is 0 Å². The van der Waals surface area contributed by atoms with Gasteiger partial charge in [0.05, 0.1) is 6.61 Å². The standard InChI is InChI=1S/C9H15NO4S/c1-3-7(4-11)15-5-8(9(13)14)10-6(2)12/h3,7-8,11H,1,4-5H2,2H3,(H,10,12)(H,13,14)/t7?,8-/m0/s1. The van der Waals surface area contributed by atoms with Gasteiger partial charge in [0, 0.05) is 17.9 Å². The van der Waals surface area contributed by atoms with Crippen molar-refractivity contribution in [2.75, 3.05) is 12.4 Å². The van der Waals surface area contributed by atoms with Crippen LogP contribution in [0.2, 0.25) is 0 Å². The number of carboxylic acids is 1. The van der Waals surface area contributed by atoms with Crippen LogP contribution >= 0.6 is 11.8 Å². The predicted molar refractivity (Wildman–Crippen MR) is 58.8 cm³/mol. The van der Waals surface area contributed by atoms with Crippen molar-refractivity contribution in [1.29, 1.82) is 0 Å². The SMILES string of the molecule is C=CC(CO)SC[C@H](NC(C)=O)C(=O)O. The van der Waals surface area contributed by atoms with Crippen LogP contribution in [0, 0.1) is 0 Å². The van der Waals surface area contributed by atoms with Gasteiger partial charge in [0.15, 0.2) is 0 Å². The quantitative estimate of drug-likeness (QED) is 0.533. The molecule has 3 N–H and O–H groups in total. The van der Waals surface area contributed by atoms with Crippen LogP contribution in [0.25, 0.3) is 0 Å². The summed E-state index contributed by atoms with van der Waals surface area (Å²) in [7, 11) is 0. The molecule has 0 aromatic rings. The van der Waals surface area contributed by atoms with Gasteiger partial charge in [0.2, 0.25) is 5.91 Å². The maximum absolute atomic E-state index is 10.7. The van der Waals surface area contributed by atoms with Crippen LogP contribution in [0.3, 0.4) is 0 Å². The van der Waals surface area contributed by atoms with E-state index >= 15 is 0 Å². The van der Waals surface area contributed by atoms with Crippen molar-refractivity contribution in [3.05, 3.63) is 12.7 Å². The van der Waals surface area contributed by atoms with E-state index in [1.165, 1.54) is 24.8 Å². The highest BCUT2D eigenvalue weighted by Gasteiger charge is 2.19. The molecule has 0 aromatic carbocycles. The van der Waals surface area contributed by atoms with Gasteiger partial charge in [-0.25, -0.2) is 4.79 Å². The molecule has 0 radical (unpaired) electrons. The van der Waals surface area contributed by atoms with E-state index in [4.69, 9.17) is 10.2 Å². The number of hydrogen-bond acceptors (Lipinski definition) is 4. The summed E-state index contributed by atoms with van der Waals surface area (Å²) in [5, 5.41) is 19.7. The topological polar surface area (TPSA) is 86.6 Å². The molecule has 2 atom stereocenters. The fourth-order valence-corrected chi connectivity index (χ4v) is 1.74. The van der Waals surface area contributed by atoms with E-state index < -0.39 is 12.0 Å². The molecule has 15 heavy (non-hydrogen) atoms. The fraction of sp³-hybridized carbons (Fsp3) is 0.556. The molecule has 5 nitrogen and oxygen atoms in total. The summed E-state index contributed by atoms with van der Waals surface area (Å²) in [6, 6.07) is -0.929. The third-order valence-electron chi connectivity index (χ3n) is 1.60. The van der Waals surface area contributed by atoms with Crippen LogP contribution in [0.1, 0.15) is 6.92 Å². The largest absolute Gasteiger partial charge is 0.480 e. The molecule has 1 amide bonds. The van der Waals surface area contributed by atoms with Gasteiger partial charge in [-0.3, -0.25) is 4.79 Å². The van der Waals surface area contributed by atoms with Gasteiger partial charge < -0.3 is 15.5 Å². The zero-order valence-corrected chi connectivity index (χ0v) is 9.29. The third-order valence-corrected chi connectivity index (χ3v) is 2.89. The summed E-state index contributed by atoms with van der Waals surface area (Å²) in [6.45, 7) is 4.66. The van der Waals surface area contributed by atoms with Crippen LogP contribution in [0.4, 0.5) is 0 Å². The Hall–Kier alpha value is -1.01. The number of hydrogen-bond donors (Lipinski definition) is 3. The third kappa shape index (κ3) is 6.14. The molecule has 0 saturated heterocycles. The van der Waals surface area contributed by atoms with E-state index in [0.717, 1.165) is 0 Å². The van der Waals surface area contributed by atoms with Crippen molar-refractivity contribution in [3.63, 3.8) is 0 Å². The Morgan fingerprint density at radius 2 is 2.20 bits per heavy atom. The Morgan fingerprint density at radius 3 is 2.53 bits per heavy atom. The molecule has 0 spiro atoms. The average molecular weight is 233 g/mol. The first-order valence-electron chi connectivity index (χ1n) is 4.36. The molecule has 0 saturated carbocycles. The number of carboxylic acid groups (broad SMARTS) is 1. The monoisotopic (exact) mass is 233 g/mol. The molecular weight excluding hydrogens is 218 g/mol. The molecule has 0 rings (SSSR count). The Labute approximate surface area is 92.6 Å². The van der Waals surface area contributed by atoms with Crippen molar-refractivity contribution in [2.45, 2.75) is 18.2 Å². The molecule has 0 aliphatic carbocycles. The summed E-state index contributed by atoms with van der Waals surface area (Å²) >= 11 is 1.24. The molecule has 0 heterocycles. The molecule has 86 valence electrons. The van der Waals surface area contributed by atoms with Crippen molar-refractivity contribution in [1.82, 2.24) is 5.32 Å². The average Bonchev–Trinajstić information content (AvgIpc) is 2.16. The van der Waals surface area contributed by atoms with Gasteiger partial charge in [-0.1, -0.05) is 6.08 Å². The summed E-state index contributed by atoms with van der Waals surface area (Å²) in [5.41, 5.74) is 0. The number of aliphatic hydroxyl groups excluding tert-OH is 1. The number of rotatable bonds is 7. The number of carbonyl (C=O) groups is 2. The summed E-state index contributed by atoms with van der Waals surface area (Å²) in [6.07, 6.45) is 1.54.